The Labute approximate surface area is 109 Å². The third-order valence-corrected chi connectivity index (χ3v) is 3.63. The first kappa shape index (κ1) is 13.7. The fraction of sp³-hybridized carbons (Fsp3) is 0.545. The zero-order valence-corrected chi connectivity index (χ0v) is 11.9. The third-order valence-electron chi connectivity index (χ3n) is 2.08. The van der Waals surface area contributed by atoms with E-state index < -0.39 is 0 Å². The molecule has 0 unspecified atom stereocenters. The lowest BCUT2D eigenvalue weighted by Gasteiger charge is -2.14. The minimum absolute atomic E-state index is 0.124. The van der Waals surface area contributed by atoms with Crippen LogP contribution in [0.25, 0.3) is 0 Å². The summed E-state index contributed by atoms with van der Waals surface area (Å²) in [7, 11) is 2.00. The van der Waals surface area contributed by atoms with Gasteiger partial charge in [-0.1, -0.05) is 0 Å². The van der Waals surface area contributed by atoms with E-state index in [0.717, 1.165) is 16.9 Å². The maximum Gasteiger partial charge on any atom is 0.307 e. The molecule has 0 radical (unpaired) electrons. The molecule has 0 spiro atoms. The van der Waals surface area contributed by atoms with E-state index in [0.29, 0.717) is 13.0 Å². The SMILES string of the molecule is CCOC(=O)CCN(C)Cc1csc(Br)c1. The van der Waals surface area contributed by atoms with Crippen LogP contribution in [0, 0.1) is 0 Å². The number of halogens is 1. The van der Waals surface area contributed by atoms with E-state index in [4.69, 9.17) is 4.74 Å². The van der Waals surface area contributed by atoms with E-state index in [1.165, 1.54) is 5.56 Å². The molecule has 0 aliphatic carbocycles. The van der Waals surface area contributed by atoms with Gasteiger partial charge in [0.15, 0.2) is 0 Å². The van der Waals surface area contributed by atoms with Crippen LogP contribution in [0.4, 0.5) is 0 Å². The molecule has 1 rings (SSSR count). The highest BCUT2D eigenvalue weighted by molar-refractivity contribution is 9.11. The van der Waals surface area contributed by atoms with Crippen LogP contribution >= 0.6 is 27.3 Å². The molecule has 1 aromatic rings. The Kier molecular flexibility index (Phi) is 6.01. The van der Waals surface area contributed by atoms with Crippen molar-refractivity contribution in [2.75, 3.05) is 20.2 Å². The molecule has 0 aliphatic rings. The Morgan fingerprint density at radius 1 is 1.62 bits per heavy atom. The molecule has 3 nitrogen and oxygen atoms in total. The summed E-state index contributed by atoms with van der Waals surface area (Å²) in [5, 5.41) is 2.12. The van der Waals surface area contributed by atoms with Gasteiger partial charge in [-0.15, -0.1) is 11.3 Å². The van der Waals surface area contributed by atoms with Crippen molar-refractivity contribution < 1.29 is 9.53 Å². The first-order valence-electron chi connectivity index (χ1n) is 5.19. The summed E-state index contributed by atoms with van der Waals surface area (Å²) in [5.41, 5.74) is 1.27. The van der Waals surface area contributed by atoms with Crippen LogP contribution in [0.3, 0.4) is 0 Å². The molecule has 0 saturated carbocycles. The van der Waals surface area contributed by atoms with Crippen LogP contribution in [-0.2, 0) is 16.1 Å². The monoisotopic (exact) mass is 305 g/mol. The number of hydrogen-bond donors (Lipinski definition) is 0. The molecule has 0 N–H and O–H groups in total. The van der Waals surface area contributed by atoms with Crippen LogP contribution in [0.5, 0.6) is 0 Å². The summed E-state index contributed by atoms with van der Waals surface area (Å²) >= 11 is 5.11. The molecule has 0 aromatic carbocycles. The van der Waals surface area contributed by atoms with Gasteiger partial charge in [-0.25, -0.2) is 0 Å². The van der Waals surface area contributed by atoms with Crippen molar-refractivity contribution >= 4 is 33.2 Å². The molecule has 1 aromatic heterocycles. The van der Waals surface area contributed by atoms with E-state index in [1.807, 2.05) is 14.0 Å². The van der Waals surface area contributed by atoms with Crippen LogP contribution < -0.4 is 0 Å². The molecule has 0 amide bonds. The molecule has 1 heterocycles. The predicted octanol–water partition coefficient (Wildman–Crippen LogP) is 2.90. The average Bonchev–Trinajstić information content (AvgIpc) is 2.61. The number of rotatable bonds is 6. The van der Waals surface area contributed by atoms with E-state index >= 15 is 0 Å². The number of carbonyl (C=O) groups excluding carboxylic acids is 1. The van der Waals surface area contributed by atoms with Gasteiger partial charge in [0.05, 0.1) is 16.8 Å². The van der Waals surface area contributed by atoms with Crippen molar-refractivity contribution in [3.63, 3.8) is 0 Å². The topological polar surface area (TPSA) is 29.5 Å². The lowest BCUT2D eigenvalue weighted by atomic mass is 10.3. The standard InChI is InChI=1S/C11H16BrNO2S/c1-3-15-11(14)4-5-13(2)7-9-6-10(12)16-8-9/h6,8H,3-5,7H2,1-2H3. The minimum atomic E-state index is -0.124. The van der Waals surface area contributed by atoms with Crippen molar-refractivity contribution in [3.05, 3.63) is 20.8 Å². The van der Waals surface area contributed by atoms with Crippen LogP contribution in [0.2, 0.25) is 0 Å². The first-order chi connectivity index (χ1) is 7.61. The Balaban J connectivity index is 2.25. The van der Waals surface area contributed by atoms with Crippen LogP contribution in [0.15, 0.2) is 15.2 Å². The van der Waals surface area contributed by atoms with Gasteiger partial charge in [0, 0.05) is 13.1 Å². The van der Waals surface area contributed by atoms with Crippen LogP contribution in [0.1, 0.15) is 18.9 Å². The lowest BCUT2D eigenvalue weighted by molar-refractivity contribution is -0.143. The highest BCUT2D eigenvalue weighted by atomic mass is 79.9. The largest absolute Gasteiger partial charge is 0.466 e. The summed E-state index contributed by atoms with van der Waals surface area (Å²) in [4.78, 5) is 13.3. The van der Waals surface area contributed by atoms with Gasteiger partial charge in [0.25, 0.3) is 0 Å². The summed E-state index contributed by atoms with van der Waals surface area (Å²) in [6, 6.07) is 2.10. The fourth-order valence-corrected chi connectivity index (χ4v) is 2.54. The van der Waals surface area contributed by atoms with E-state index in [1.54, 1.807) is 11.3 Å². The van der Waals surface area contributed by atoms with Gasteiger partial charge in [0.1, 0.15) is 0 Å². The Hall–Kier alpha value is -0.390. The van der Waals surface area contributed by atoms with Crippen molar-refractivity contribution in [2.45, 2.75) is 19.9 Å². The van der Waals surface area contributed by atoms with E-state index in [-0.39, 0.29) is 5.97 Å². The number of hydrogen-bond acceptors (Lipinski definition) is 4. The average molecular weight is 306 g/mol. The smallest absolute Gasteiger partial charge is 0.307 e. The number of thiophene rings is 1. The molecule has 90 valence electrons. The molecule has 0 saturated heterocycles. The second-order valence-corrected chi connectivity index (χ2v) is 5.84. The van der Waals surface area contributed by atoms with Gasteiger partial charge >= 0.3 is 5.97 Å². The number of nitrogens with zero attached hydrogens (tertiary/aromatic N) is 1. The fourth-order valence-electron chi connectivity index (χ4n) is 1.33. The normalized spacial score (nSPS) is 10.8. The third kappa shape index (κ3) is 5.09. The highest BCUT2D eigenvalue weighted by Crippen LogP contribution is 2.21. The van der Waals surface area contributed by atoms with Gasteiger partial charge in [-0.05, 0) is 46.9 Å². The molecule has 5 heteroatoms. The summed E-state index contributed by atoms with van der Waals surface area (Å²) < 4.78 is 6.02. The van der Waals surface area contributed by atoms with Crippen LogP contribution in [-0.4, -0.2) is 31.1 Å². The Bertz CT molecular complexity index is 340. The summed E-state index contributed by atoms with van der Waals surface area (Å²) in [6.07, 6.45) is 0.454. The zero-order chi connectivity index (χ0) is 12.0. The maximum absolute atomic E-state index is 11.1. The molecule has 16 heavy (non-hydrogen) atoms. The second-order valence-electron chi connectivity index (χ2n) is 3.55. The predicted molar refractivity (Wildman–Crippen MR) is 69.6 cm³/mol. The Morgan fingerprint density at radius 2 is 2.38 bits per heavy atom. The van der Waals surface area contributed by atoms with Crippen molar-refractivity contribution in [1.29, 1.82) is 0 Å². The van der Waals surface area contributed by atoms with Crippen molar-refractivity contribution in [3.8, 4) is 0 Å². The Morgan fingerprint density at radius 3 is 2.94 bits per heavy atom. The van der Waals surface area contributed by atoms with Gasteiger partial charge in [-0.3, -0.25) is 4.79 Å². The molecule has 0 fully saturated rings. The highest BCUT2D eigenvalue weighted by Gasteiger charge is 2.06. The molecule has 0 aliphatic heterocycles. The quantitative estimate of drug-likeness (QED) is 0.757. The molecule has 0 bridgehead atoms. The molecular formula is C11H16BrNO2S. The van der Waals surface area contributed by atoms with E-state index in [9.17, 15) is 4.79 Å². The summed E-state index contributed by atoms with van der Waals surface area (Å²) in [5.74, 6) is -0.124. The van der Waals surface area contributed by atoms with Gasteiger partial charge in [0.2, 0.25) is 0 Å². The molecule has 0 atom stereocenters. The van der Waals surface area contributed by atoms with Crippen molar-refractivity contribution in [2.24, 2.45) is 0 Å². The van der Waals surface area contributed by atoms with Gasteiger partial charge in [-0.2, -0.15) is 0 Å². The first-order valence-corrected chi connectivity index (χ1v) is 6.86. The number of carbonyl (C=O) groups is 1. The zero-order valence-electron chi connectivity index (χ0n) is 9.53. The lowest BCUT2D eigenvalue weighted by Crippen LogP contribution is -2.22. The van der Waals surface area contributed by atoms with Gasteiger partial charge < -0.3 is 9.64 Å². The van der Waals surface area contributed by atoms with E-state index in [2.05, 4.69) is 32.3 Å². The maximum atomic E-state index is 11.1. The second kappa shape index (κ2) is 7.04. The molecular weight excluding hydrogens is 290 g/mol. The number of ether oxygens (including phenoxy) is 1. The minimum Gasteiger partial charge on any atom is -0.466 e. The summed E-state index contributed by atoms with van der Waals surface area (Å²) in [6.45, 7) is 3.87. The van der Waals surface area contributed by atoms with Crippen molar-refractivity contribution in [1.82, 2.24) is 4.90 Å². The number of esters is 1.